The standard InChI is InChI=1S/C18H20NO2.C4H7N.H3N.H2/c20-18(19-15-8-4-5-9-15)14-7-6-12-17(13-14)21-16-10-2-1-3-11-16;1-2-3-4-5;;/h2-3,6-7,10-13,15H,1,4-5,8-9H2,(H,19,20);2-3H2,1H3;1H3;1H. The first kappa shape index (κ1) is 22.5. The van der Waals surface area contributed by atoms with E-state index in [-0.39, 0.29) is 13.5 Å². The van der Waals surface area contributed by atoms with E-state index < -0.39 is 0 Å². The third-order valence-electron chi connectivity index (χ3n) is 4.22. The van der Waals surface area contributed by atoms with Crippen molar-refractivity contribution in [1.82, 2.24) is 11.5 Å². The topological polar surface area (TPSA) is 97.1 Å². The van der Waals surface area contributed by atoms with Crippen molar-refractivity contribution >= 4 is 5.91 Å². The van der Waals surface area contributed by atoms with Crippen molar-refractivity contribution in [2.45, 2.75) is 57.9 Å². The van der Waals surface area contributed by atoms with E-state index in [9.17, 15) is 4.79 Å². The average Bonchev–Trinajstić information content (AvgIpc) is 3.17. The first-order chi connectivity index (χ1) is 12.7. The van der Waals surface area contributed by atoms with Crippen molar-refractivity contribution in [2.24, 2.45) is 0 Å². The van der Waals surface area contributed by atoms with Crippen LogP contribution in [0, 0.1) is 17.8 Å². The maximum atomic E-state index is 12.2. The van der Waals surface area contributed by atoms with Gasteiger partial charge in [0.25, 0.3) is 5.91 Å². The molecule has 3 rings (SSSR count). The number of benzene rings is 1. The fourth-order valence-corrected chi connectivity index (χ4v) is 2.86. The SMILES string of the molecule is CCCC#N.N.O=C(NC1CCCC1)c1cccc(OC2=C[CH]CC=C2)c1.[HH]. The van der Waals surface area contributed by atoms with Crippen LogP contribution in [0.15, 0.2) is 48.3 Å². The van der Waals surface area contributed by atoms with Gasteiger partial charge in [0.2, 0.25) is 0 Å². The quantitative estimate of drug-likeness (QED) is 0.714. The molecule has 1 amide bonds. The molecular weight excluding hydrogens is 338 g/mol. The molecule has 0 heterocycles. The predicted molar refractivity (Wildman–Crippen MR) is 111 cm³/mol. The summed E-state index contributed by atoms with van der Waals surface area (Å²) in [6.07, 6.45) is 15.2. The molecule has 1 saturated carbocycles. The van der Waals surface area contributed by atoms with Crippen LogP contribution in [-0.4, -0.2) is 11.9 Å². The maximum Gasteiger partial charge on any atom is 0.251 e. The highest BCUT2D eigenvalue weighted by Gasteiger charge is 2.18. The molecule has 5 nitrogen and oxygen atoms in total. The van der Waals surface area contributed by atoms with Crippen LogP contribution in [0.3, 0.4) is 0 Å². The van der Waals surface area contributed by atoms with E-state index in [0.717, 1.165) is 31.4 Å². The fraction of sp³-hybridized carbons (Fsp3) is 0.409. The molecular formula is C22H32N3O2. The number of unbranched alkanes of at least 4 members (excludes halogenated alkanes) is 1. The summed E-state index contributed by atoms with van der Waals surface area (Å²) in [7, 11) is 0. The molecule has 147 valence electrons. The lowest BCUT2D eigenvalue weighted by Gasteiger charge is -2.13. The van der Waals surface area contributed by atoms with Gasteiger partial charge < -0.3 is 16.2 Å². The Morgan fingerprint density at radius 1 is 1.37 bits per heavy atom. The number of nitriles is 1. The molecule has 0 spiro atoms. The summed E-state index contributed by atoms with van der Waals surface area (Å²) in [4.78, 5) is 12.2. The van der Waals surface area contributed by atoms with Crippen LogP contribution in [0.1, 0.15) is 63.7 Å². The van der Waals surface area contributed by atoms with Gasteiger partial charge in [-0.25, -0.2) is 0 Å². The number of amides is 1. The van der Waals surface area contributed by atoms with Crippen LogP contribution >= 0.6 is 0 Å². The average molecular weight is 371 g/mol. The number of carbonyl (C=O) groups is 1. The number of nitrogens with one attached hydrogen (secondary N) is 1. The van der Waals surface area contributed by atoms with Crippen LogP contribution in [-0.2, 0) is 0 Å². The highest BCUT2D eigenvalue weighted by molar-refractivity contribution is 5.94. The zero-order chi connectivity index (χ0) is 18.6. The lowest BCUT2D eigenvalue weighted by atomic mass is 10.1. The molecule has 27 heavy (non-hydrogen) atoms. The molecule has 1 radical (unpaired) electrons. The number of ether oxygens (including phenoxy) is 1. The Bertz CT molecular complexity index is 689. The minimum atomic E-state index is -0.00733. The molecule has 1 fully saturated rings. The molecule has 1 aromatic rings. The molecule has 0 aliphatic heterocycles. The highest BCUT2D eigenvalue weighted by atomic mass is 16.5. The van der Waals surface area contributed by atoms with Gasteiger partial charge in [-0.3, -0.25) is 4.79 Å². The number of hydrogen-bond donors (Lipinski definition) is 2. The van der Waals surface area contributed by atoms with Crippen molar-refractivity contribution in [3.8, 4) is 11.8 Å². The molecule has 0 unspecified atom stereocenters. The predicted octanol–water partition coefficient (Wildman–Crippen LogP) is 5.50. The van der Waals surface area contributed by atoms with E-state index in [1.165, 1.54) is 12.8 Å². The largest absolute Gasteiger partial charge is 0.458 e. The minimum Gasteiger partial charge on any atom is -0.458 e. The Hall–Kier alpha value is -2.58. The number of allylic oxidation sites excluding steroid dienone is 3. The summed E-state index contributed by atoms with van der Waals surface area (Å²) in [5.41, 5.74) is 0.656. The summed E-state index contributed by atoms with van der Waals surface area (Å²) in [6.45, 7) is 1.99. The Balaban J connectivity index is 0.000000934. The van der Waals surface area contributed by atoms with Gasteiger partial charge in [0.05, 0.1) is 6.07 Å². The highest BCUT2D eigenvalue weighted by Crippen LogP contribution is 2.21. The number of rotatable bonds is 5. The Labute approximate surface area is 164 Å². The van der Waals surface area contributed by atoms with E-state index in [1.54, 1.807) is 6.07 Å². The van der Waals surface area contributed by atoms with Crippen LogP contribution in [0.25, 0.3) is 0 Å². The first-order valence-electron chi connectivity index (χ1n) is 9.38. The second-order valence-corrected chi connectivity index (χ2v) is 6.44. The number of carbonyl (C=O) groups excluding carboxylic acids is 1. The van der Waals surface area contributed by atoms with Crippen LogP contribution < -0.4 is 16.2 Å². The lowest BCUT2D eigenvalue weighted by molar-refractivity contribution is 0.0937. The van der Waals surface area contributed by atoms with Crippen LogP contribution in [0.5, 0.6) is 5.75 Å². The summed E-state index contributed by atoms with van der Waals surface area (Å²) in [5.74, 6) is 1.49. The number of nitrogens with zero attached hydrogens (tertiary/aromatic N) is 1. The number of hydrogen-bond acceptors (Lipinski definition) is 4. The van der Waals surface area contributed by atoms with Gasteiger partial charge in [0.15, 0.2) is 0 Å². The molecule has 2 aliphatic rings. The third kappa shape index (κ3) is 8.10. The summed E-state index contributed by atoms with van der Waals surface area (Å²) in [6, 6.07) is 9.71. The molecule has 1 aromatic carbocycles. The summed E-state index contributed by atoms with van der Waals surface area (Å²) >= 11 is 0. The maximum absolute atomic E-state index is 12.2. The van der Waals surface area contributed by atoms with Crippen molar-refractivity contribution < 1.29 is 11.0 Å². The minimum absolute atomic E-state index is 0. The second-order valence-electron chi connectivity index (χ2n) is 6.44. The van der Waals surface area contributed by atoms with E-state index in [1.807, 2.05) is 55.8 Å². The monoisotopic (exact) mass is 370 g/mol. The normalized spacial score (nSPS) is 15.5. The molecule has 0 saturated heterocycles. The van der Waals surface area contributed by atoms with Gasteiger partial charge in [-0.2, -0.15) is 5.26 Å². The molecule has 0 bridgehead atoms. The van der Waals surface area contributed by atoms with Crippen LogP contribution in [0.2, 0.25) is 0 Å². The van der Waals surface area contributed by atoms with Gasteiger partial charge >= 0.3 is 0 Å². The van der Waals surface area contributed by atoms with Gasteiger partial charge in [-0.1, -0.05) is 31.9 Å². The zero-order valence-electron chi connectivity index (χ0n) is 16.1. The summed E-state index contributed by atoms with van der Waals surface area (Å²) < 4.78 is 5.78. The van der Waals surface area contributed by atoms with Crippen molar-refractivity contribution in [3.05, 3.63) is 60.2 Å². The van der Waals surface area contributed by atoms with Gasteiger partial charge in [-0.15, -0.1) is 0 Å². The van der Waals surface area contributed by atoms with E-state index >= 15 is 0 Å². The molecule has 0 atom stereocenters. The molecule has 5 heteroatoms. The van der Waals surface area contributed by atoms with Gasteiger partial charge in [0.1, 0.15) is 11.5 Å². The molecule has 4 N–H and O–H groups in total. The Morgan fingerprint density at radius 3 is 2.74 bits per heavy atom. The second kappa shape index (κ2) is 12.7. The fourth-order valence-electron chi connectivity index (χ4n) is 2.86. The first-order valence-corrected chi connectivity index (χ1v) is 9.38. The van der Waals surface area contributed by atoms with Crippen molar-refractivity contribution in [3.63, 3.8) is 0 Å². The summed E-state index contributed by atoms with van der Waals surface area (Å²) in [5, 5.41) is 10.9. The lowest BCUT2D eigenvalue weighted by Crippen LogP contribution is -2.32. The third-order valence-corrected chi connectivity index (χ3v) is 4.22. The van der Waals surface area contributed by atoms with E-state index in [2.05, 4.69) is 5.32 Å². The Morgan fingerprint density at radius 2 is 2.15 bits per heavy atom. The smallest absolute Gasteiger partial charge is 0.251 e. The Kier molecular flexibility index (Phi) is 10.6. The van der Waals surface area contributed by atoms with E-state index in [0.29, 0.717) is 23.8 Å². The van der Waals surface area contributed by atoms with E-state index in [4.69, 9.17) is 10.00 Å². The molecule has 2 aliphatic carbocycles. The van der Waals surface area contributed by atoms with Gasteiger partial charge in [0, 0.05) is 19.5 Å². The zero-order valence-corrected chi connectivity index (χ0v) is 16.1. The van der Waals surface area contributed by atoms with Crippen LogP contribution in [0.4, 0.5) is 0 Å². The molecule has 0 aromatic heterocycles. The van der Waals surface area contributed by atoms with Crippen molar-refractivity contribution in [2.75, 3.05) is 0 Å². The van der Waals surface area contributed by atoms with Crippen molar-refractivity contribution in [1.29, 1.82) is 5.26 Å². The van der Waals surface area contributed by atoms with Gasteiger partial charge in [-0.05, 0) is 62.5 Å².